The lowest BCUT2D eigenvalue weighted by Crippen LogP contribution is -2.51. The molecule has 0 aromatic carbocycles. The Hall–Kier alpha value is -2.71. The van der Waals surface area contributed by atoms with Crippen LogP contribution in [0.2, 0.25) is 5.15 Å². The van der Waals surface area contributed by atoms with Crippen LogP contribution < -0.4 is 10.5 Å². The average Bonchev–Trinajstić information content (AvgIpc) is 3.09. The molecule has 30 heavy (non-hydrogen) atoms. The van der Waals surface area contributed by atoms with Crippen LogP contribution in [0.1, 0.15) is 24.2 Å². The van der Waals surface area contributed by atoms with Crippen LogP contribution >= 0.6 is 11.6 Å². The lowest BCUT2D eigenvalue weighted by atomic mass is 9.77. The van der Waals surface area contributed by atoms with Gasteiger partial charge in [-0.25, -0.2) is 9.67 Å². The lowest BCUT2D eigenvalue weighted by molar-refractivity contribution is -0.124. The zero-order valence-corrected chi connectivity index (χ0v) is 17.4. The van der Waals surface area contributed by atoms with Gasteiger partial charge < -0.3 is 14.2 Å². The molecule has 0 bridgehead atoms. The maximum absolute atomic E-state index is 12.8. The van der Waals surface area contributed by atoms with E-state index in [0.29, 0.717) is 22.0 Å². The van der Waals surface area contributed by atoms with Gasteiger partial charge in [-0.2, -0.15) is 5.10 Å². The highest BCUT2D eigenvalue weighted by Crippen LogP contribution is 2.39. The molecule has 156 valence electrons. The van der Waals surface area contributed by atoms with Gasteiger partial charge in [0.15, 0.2) is 0 Å². The van der Waals surface area contributed by atoms with Crippen molar-refractivity contribution in [2.24, 2.45) is 5.41 Å². The number of hydrogen-bond donors (Lipinski definition) is 0. The molecule has 2 fully saturated rings. The van der Waals surface area contributed by atoms with Crippen LogP contribution in [0.15, 0.2) is 39.9 Å². The average molecular weight is 428 g/mol. The molecule has 0 atom stereocenters. The largest absolute Gasteiger partial charge is 0.380 e. The first-order valence-corrected chi connectivity index (χ1v) is 10.4. The van der Waals surface area contributed by atoms with Crippen molar-refractivity contribution in [2.45, 2.75) is 26.3 Å². The Balaban J connectivity index is 1.36. The maximum Gasteiger partial charge on any atom is 0.269 e. The molecule has 2 aliphatic heterocycles. The number of piperidine rings is 1. The fourth-order valence-electron chi connectivity index (χ4n) is 4.10. The maximum atomic E-state index is 12.8. The summed E-state index contributed by atoms with van der Waals surface area (Å²) in [5.41, 5.74) is 3.29. The molecule has 5 rings (SSSR count). The van der Waals surface area contributed by atoms with Gasteiger partial charge in [-0.1, -0.05) is 16.8 Å². The van der Waals surface area contributed by atoms with Crippen LogP contribution in [-0.4, -0.2) is 46.2 Å². The molecule has 3 aromatic heterocycles. The Morgan fingerprint density at radius 1 is 1.20 bits per heavy atom. The van der Waals surface area contributed by atoms with Gasteiger partial charge in [0.05, 0.1) is 31.6 Å². The van der Waals surface area contributed by atoms with Crippen LogP contribution in [0.5, 0.6) is 0 Å². The predicted molar refractivity (Wildman–Crippen MR) is 112 cm³/mol. The second-order valence-corrected chi connectivity index (χ2v) is 8.51. The van der Waals surface area contributed by atoms with E-state index in [0.717, 1.165) is 56.0 Å². The molecular formula is C21H22ClN5O3. The standard InChI is InChI=1S/C21H22ClN5O3/c1-14-17(20(25-30-14)15-2-3-18(22)23-9-15)11-27-19(28)8-16(10-24-27)26-6-4-21(5-7-26)12-29-13-21/h2-3,8-10H,4-7,11-13H2,1H3. The number of halogens is 1. The van der Waals surface area contributed by atoms with E-state index in [9.17, 15) is 4.79 Å². The van der Waals surface area contributed by atoms with Crippen molar-refractivity contribution in [1.82, 2.24) is 19.9 Å². The van der Waals surface area contributed by atoms with Gasteiger partial charge in [-0.15, -0.1) is 0 Å². The molecule has 2 aliphatic rings. The second-order valence-electron chi connectivity index (χ2n) is 8.13. The van der Waals surface area contributed by atoms with Gasteiger partial charge in [-0.05, 0) is 31.9 Å². The number of ether oxygens (including phenoxy) is 1. The van der Waals surface area contributed by atoms with Gasteiger partial charge in [0.25, 0.3) is 5.56 Å². The quantitative estimate of drug-likeness (QED) is 0.591. The third-order valence-corrected chi connectivity index (χ3v) is 6.38. The summed E-state index contributed by atoms with van der Waals surface area (Å²) in [7, 11) is 0. The summed E-state index contributed by atoms with van der Waals surface area (Å²) in [6.45, 7) is 5.67. The van der Waals surface area contributed by atoms with Crippen molar-refractivity contribution >= 4 is 17.3 Å². The topological polar surface area (TPSA) is 86.3 Å². The van der Waals surface area contributed by atoms with E-state index in [1.54, 1.807) is 24.5 Å². The zero-order chi connectivity index (χ0) is 20.7. The van der Waals surface area contributed by atoms with Gasteiger partial charge in [0.2, 0.25) is 0 Å². The Kier molecular flexibility index (Phi) is 4.83. The number of rotatable bonds is 4. The van der Waals surface area contributed by atoms with Crippen molar-refractivity contribution in [1.29, 1.82) is 0 Å². The summed E-state index contributed by atoms with van der Waals surface area (Å²) in [5, 5.41) is 8.97. The molecule has 1 spiro atoms. The number of hydrogen-bond acceptors (Lipinski definition) is 7. The molecule has 0 amide bonds. The van der Waals surface area contributed by atoms with Crippen molar-refractivity contribution < 1.29 is 9.26 Å². The molecule has 9 heteroatoms. The number of aromatic nitrogens is 4. The molecule has 3 aromatic rings. The molecular weight excluding hydrogens is 406 g/mol. The van der Waals surface area contributed by atoms with E-state index in [1.807, 2.05) is 13.0 Å². The highest BCUT2D eigenvalue weighted by Gasteiger charge is 2.41. The molecule has 0 N–H and O–H groups in total. The fourth-order valence-corrected chi connectivity index (χ4v) is 4.22. The molecule has 8 nitrogen and oxygen atoms in total. The van der Waals surface area contributed by atoms with Crippen molar-refractivity contribution in [3.8, 4) is 11.3 Å². The highest BCUT2D eigenvalue weighted by molar-refractivity contribution is 6.29. The summed E-state index contributed by atoms with van der Waals surface area (Å²) >= 11 is 5.88. The highest BCUT2D eigenvalue weighted by atomic mass is 35.5. The Bertz CT molecular complexity index is 1110. The first-order chi connectivity index (χ1) is 14.5. The smallest absolute Gasteiger partial charge is 0.269 e. The van der Waals surface area contributed by atoms with Crippen molar-refractivity contribution in [3.05, 3.63) is 57.4 Å². The van der Waals surface area contributed by atoms with Crippen LogP contribution in [0, 0.1) is 12.3 Å². The molecule has 5 heterocycles. The zero-order valence-electron chi connectivity index (χ0n) is 16.7. The van der Waals surface area contributed by atoms with E-state index in [2.05, 4.69) is 20.1 Å². The summed E-state index contributed by atoms with van der Waals surface area (Å²) in [6, 6.07) is 5.18. The van der Waals surface area contributed by atoms with Crippen molar-refractivity contribution in [2.75, 3.05) is 31.2 Å². The number of nitrogens with zero attached hydrogens (tertiary/aromatic N) is 5. The third-order valence-electron chi connectivity index (χ3n) is 6.15. The predicted octanol–water partition coefficient (Wildman–Crippen LogP) is 2.92. The SMILES string of the molecule is Cc1onc(-c2ccc(Cl)nc2)c1Cn1ncc(N2CCC3(CC2)COC3)cc1=O. The number of anilines is 1. The first-order valence-electron chi connectivity index (χ1n) is 10.00. The minimum absolute atomic E-state index is 0.152. The molecule has 0 aliphatic carbocycles. The fraction of sp³-hybridized carbons (Fsp3) is 0.429. The Morgan fingerprint density at radius 2 is 2.00 bits per heavy atom. The minimum atomic E-state index is -0.152. The first kappa shape index (κ1) is 19.3. The molecule has 0 radical (unpaired) electrons. The van der Waals surface area contributed by atoms with Crippen molar-refractivity contribution in [3.63, 3.8) is 0 Å². The van der Waals surface area contributed by atoms with E-state index >= 15 is 0 Å². The molecule has 2 saturated heterocycles. The van der Waals surface area contributed by atoms with Gasteiger partial charge in [0.1, 0.15) is 16.6 Å². The van der Waals surface area contributed by atoms with Crippen LogP contribution in [0.4, 0.5) is 5.69 Å². The van der Waals surface area contributed by atoms with E-state index in [4.69, 9.17) is 20.9 Å². The number of pyridine rings is 1. The minimum Gasteiger partial charge on any atom is -0.380 e. The normalized spacial score (nSPS) is 17.9. The second kappa shape index (κ2) is 7.52. The van der Waals surface area contributed by atoms with Crippen LogP contribution in [0.3, 0.4) is 0 Å². The van der Waals surface area contributed by atoms with E-state index in [-0.39, 0.29) is 12.1 Å². The summed E-state index contributed by atoms with van der Waals surface area (Å²) < 4.78 is 12.2. The van der Waals surface area contributed by atoms with E-state index < -0.39 is 0 Å². The summed E-state index contributed by atoms with van der Waals surface area (Å²) in [4.78, 5) is 19.1. The third kappa shape index (κ3) is 3.50. The van der Waals surface area contributed by atoms with Gasteiger partial charge in [-0.3, -0.25) is 4.79 Å². The number of aryl methyl sites for hydroxylation is 1. The Labute approximate surface area is 178 Å². The summed E-state index contributed by atoms with van der Waals surface area (Å²) in [6.07, 6.45) is 5.59. The van der Waals surface area contributed by atoms with E-state index in [1.165, 1.54) is 4.68 Å². The Morgan fingerprint density at radius 3 is 2.63 bits per heavy atom. The lowest BCUT2D eigenvalue weighted by Gasteiger charge is -2.47. The van der Waals surface area contributed by atoms with Crippen LogP contribution in [-0.2, 0) is 11.3 Å². The summed E-state index contributed by atoms with van der Waals surface area (Å²) in [5.74, 6) is 0.641. The van der Waals surface area contributed by atoms with Crippen LogP contribution in [0.25, 0.3) is 11.3 Å². The monoisotopic (exact) mass is 427 g/mol. The molecule has 0 saturated carbocycles. The molecule has 0 unspecified atom stereocenters. The van der Waals surface area contributed by atoms with Gasteiger partial charge >= 0.3 is 0 Å². The van der Waals surface area contributed by atoms with Gasteiger partial charge in [0, 0.05) is 41.9 Å².